The normalized spacial score (nSPS) is 26.0. The number of hydrogen-bond acceptors (Lipinski definition) is 6. The van der Waals surface area contributed by atoms with Gasteiger partial charge in [-0.2, -0.15) is 0 Å². The van der Waals surface area contributed by atoms with Gasteiger partial charge in [0.2, 0.25) is 6.41 Å². The number of ether oxygens (including phenoxy) is 2. The summed E-state index contributed by atoms with van der Waals surface area (Å²) in [6.07, 6.45) is 1.11. The van der Waals surface area contributed by atoms with Gasteiger partial charge in [0.15, 0.2) is 0 Å². The zero-order valence-electron chi connectivity index (χ0n) is 22.9. The van der Waals surface area contributed by atoms with E-state index in [1.54, 1.807) is 0 Å². The summed E-state index contributed by atoms with van der Waals surface area (Å²) in [6.45, 7) is 2.03. The summed E-state index contributed by atoms with van der Waals surface area (Å²) in [5.74, 6) is -1.23. The van der Waals surface area contributed by atoms with E-state index in [0.717, 1.165) is 16.7 Å². The lowest BCUT2D eigenvalue weighted by atomic mass is 9.67. The zero-order valence-corrected chi connectivity index (χ0v) is 22.9. The highest BCUT2D eigenvalue weighted by Gasteiger charge is 2.68. The van der Waals surface area contributed by atoms with Crippen molar-refractivity contribution in [2.24, 2.45) is 17.8 Å². The number of methoxy groups -OCH3 is 1. The molecule has 2 saturated carbocycles. The smallest absolute Gasteiger partial charge is 0.332 e. The summed E-state index contributed by atoms with van der Waals surface area (Å²) in [5, 5.41) is 13.8. The lowest BCUT2D eigenvalue weighted by molar-refractivity contribution is -0.162. The minimum atomic E-state index is -1.34. The molecule has 2 bridgehead atoms. The highest BCUT2D eigenvalue weighted by molar-refractivity contribution is 5.85. The first-order chi connectivity index (χ1) is 19.6. The van der Waals surface area contributed by atoms with Crippen molar-refractivity contribution in [3.05, 3.63) is 108 Å². The quantitative estimate of drug-likeness (QED) is 0.251. The van der Waals surface area contributed by atoms with Crippen molar-refractivity contribution in [1.82, 2.24) is 10.2 Å². The fourth-order valence-electron chi connectivity index (χ4n) is 7.12. The Hall–Kier alpha value is -3.52. The predicted octanol–water partition coefficient (Wildman–Crippen LogP) is 3.95. The molecule has 0 saturated heterocycles. The van der Waals surface area contributed by atoms with Gasteiger partial charge >= 0.3 is 5.97 Å². The van der Waals surface area contributed by atoms with Crippen LogP contribution in [0.25, 0.3) is 0 Å². The third-order valence-corrected chi connectivity index (χ3v) is 8.75. The second-order valence-electron chi connectivity index (χ2n) is 11.0. The highest BCUT2D eigenvalue weighted by atomic mass is 16.5. The monoisotopic (exact) mass is 542 g/mol. The number of nitrogens with one attached hydrogen (secondary N) is 1. The SMILES string of the molecule is COC(=O)[C@@]1(NC=O)[C@H]([C@@H](COCc2ccccc2)N(Cc2ccccc2)Cc2ccccc2)[C@@H]2C[C@@H](O)[C@H]1C2. The number of esters is 1. The maximum atomic E-state index is 13.6. The van der Waals surface area contributed by atoms with Crippen LogP contribution < -0.4 is 5.32 Å². The first kappa shape index (κ1) is 28.0. The molecule has 0 spiro atoms. The van der Waals surface area contributed by atoms with Gasteiger partial charge in [0.1, 0.15) is 5.54 Å². The standard InChI is InChI=1S/C33H38N2O5/c1-39-32(38)33(34-23-36)28-17-27(18-30(28)37)31(33)29(22-40-21-26-15-9-4-10-16-26)35(19-24-11-5-2-6-12-24)20-25-13-7-3-8-14-25/h2-16,23,27-31,37H,17-22H2,1H3,(H,34,36)/t27-,28+,29+,30+,31-,33-/m0/s1. The maximum absolute atomic E-state index is 13.6. The molecule has 5 rings (SSSR count). The van der Waals surface area contributed by atoms with Crippen molar-refractivity contribution in [3.8, 4) is 0 Å². The Morgan fingerprint density at radius 2 is 1.50 bits per heavy atom. The van der Waals surface area contributed by atoms with Crippen molar-refractivity contribution in [3.63, 3.8) is 0 Å². The molecular weight excluding hydrogens is 504 g/mol. The van der Waals surface area contributed by atoms with E-state index < -0.39 is 23.5 Å². The molecule has 2 fully saturated rings. The lowest BCUT2D eigenvalue weighted by Crippen LogP contribution is -2.68. The summed E-state index contributed by atoms with van der Waals surface area (Å²) >= 11 is 0. The van der Waals surface area contributed by atoms with Crippen molar-refractivity contribution in [2.45, 2.75) is 50.2 Å². The Morgan fingerprint density at radius 3 is 2.02 bits per heavy atom. The molecule has 0 aromatic heterocycles. The van der Waals surface area contributed by atoms with Gasteiger partial charge in [0.25, 0.3) is 0 Å². The van der Waals surface area contributed by atoms with Crippen molar-refractivity contribution in [2.75, 3.05) is 13.7 Å². The number of rotatable bonds is 13. The molecule has 2 N–H and O–H groups in total. The number of carbonyl (C=O) groups excluding carboxylic acids is 2. The van der Waals surface area contributed by atoms with Crippen molar-refractivity contribution >= 4 is 12.4 Å². The molecule has 3 aromatic rings. The van der Waals surface area contributed by atoms with Crippen molar-refractivity contribution < 1.29 is 24.2 Å². The van der Waals surface area contributed by atoms with Gasteiger partial charge in [0, 0.05) is 31.0 Å². The molecule has 210 valence electrons. The van der Waals surface area contributed by atoms with E-state index >= 15 is 0 Å². The van der Waals surface area contributed by atoms with Gasteiger partial charge in [-0.25, -0.2) is 4.79 Å². The minimum absolute atomic E-state index is 0.0194. The fraction of sp³-hybridized carbons (Fsp3) is 0.394. The largest absolute Gasteiger partial charge is 0.467 e. The van der Waals surface area contributed by atoms with E-state index in [9.17, 15) is 14.7 Å². The third kappa shape index (κ3) is 5.68. The van der Waals surface area contributed by atoms with Crippen molar-refractivity contribution in [1.29, 1.82) is 0 Å². The van der Waals surface area contributed by atoms with Crippen LogP contribution in [0.4, 0.5) is 0 Å². The van der Waals surface area contributed by atoms with E-state index in [2.05, 4.69) is 34.5 Å². The number of aliphatic hydroxyl groups excluding tert-OH is 1. The topological polar surface area (TPSA) is 88.1 Å². The van der Waals surface area contributed by atoms with E-state index in [1.807, 2.05) is 66.7 Å². The average Bonchev–Trinajstić information content (AvgIpc) is 3.52. The van der Waals surface area contributed by atoms with Crippen LogP contribution in [-0.2, 0) is 38.8 Å². The molecule has 2 aliphatic rings. The number of carbonyl (C=O) groups is 2. The predicted molar refractivity (Wildman–Crippen MR) is 152 cm³/mol. The van der Waals surface area contributed by atoms with Crippen LogP contribution in [0.15, 0.2) is 91.0 Å². The molecule has 0 unspecified atom stereocenters. The number of aliphatic hydroxyl groups is 1. The van der Waals surface area contributed by atoms with Gasteiger partial charge in [-0.3, -0.25) is 9.69 Å². The van der Waals surface area contributed by atoms with E-state index in [1.165, 1.54) is 7.11 Å². The molecule has 6 atom stereocenters. The second-order valence-corrected chi connectivity index (χ2v) is 11.0. The van der Waals surface area contributed by atoms with Gasteiger partial charge in [-0.05, 0) is 35.4 Å². The van der Waals surface area contributed by atoms with Crippen LogP contribution in [0.5, 0.6) is 0 Å². The summed E-state index contributed by atoms with van der Waals surface area (Å²) in [6, 6.07) is 30.3. The number of fused-ring (bicyclic) bond motifs is 2. The molecule has 7 heteroatoms. The Labute approximate surface area is 236 Å². The number of nitrogens with zero attached hydrogens (tertiary/aromatic N) is 1. The van der Waals surface area contributed by atoms with Crippen LogP contribution in [0.2, 0.25) is 0 Å². The molecule has 0 heterocycles. The summed E-state index contributed by atoms with van der Waals surface area (Å²) in [4.78, 5) is 28.0. The van der Waals surface area contributed by atoms with Crippen LogP contribution in [-0.4, -0.2) is 53.8 Å². The van der Waals surface area contributed by atoms with Gasteiger partial charge in [-0.1, -0.05) is 91.0 Å². The van der Waals surface area contributed by atoms with Crippen LogP contribution >= 0.6 is 0 Å². The Morgan fingerprint density at radius 1 is 0.950 bits per heavy atom. The average molecular weight is 543 g/mol. The van der Waals surface area contributed by atoms with Gasteiger partial charge in [-0.15, -0.1) is 0 Å². The molecule has 7 nitrogen and oxygen atoms in total. The third-order valence-electron chi connectivity index (χ3n) is 8.75. The Kier molecular flexibility index (Phi) is 8.94. The highest BCUT2D eigenvalue weighted by Crippen LogP contribution is 2.57. The molecule has 0 aliphatic heterocycles. The lowest BCUT2D eigenvalue weighted by Gasteiger charge is -2.49. The Bertz CT molecular complexity index is 1200. The molecule has 0 radical (unpaired) electrons. The van der Waals surface area contributed by atoms with Crippen LogP contribution in [0.1, 0.15) is 29.5 Å². The summed E-state index contributed by atoms with van der Waals surface area (Å²) < 4.78 is 11.7. The number of benzene rings is 3. The molecule has 1 amide bonds. The minimum Gasteiger partial charge on any atom is -0.467 e. The number of hydrogen-bond donors (Lipinski definition) is 2. The van der Waals surface area contributed by atoms with E-state index in [0.29, 0.717) is 45.6 Å². The van der Waals surface area contributed by atoms with Crippen LogP contribution in [0.3, 0.4) is 0 Å². The van der Waals surface area contributed by atoms with Gasteiger partial charge < -0.3 is 19.9 Å². The second kappa shape index (κ2) is 12.8. The Balaban J connectivity index is 1.55. The molecule has 3 aromatic carbocycles. The molecule has 40 heavy (non-hydrogen) atoms. The molecule has 2 aliphatic carbocycles. The van der Waals surface area contributed by atoms with Gasteiger partial charge in [0.05, 0.1) is 26.4 Å². The number of amides is 1. The fourth-order valence-corrected chi connectivity index (χ4v) is 7.12. The van der Waals surface area contributed by atoms with Crippen LogP contribution in [0, 0.1) is 17.8 Å². The summed E-state index contributed by atoms with van der Waals surface area (Å²) in [7, 11) is 1.35. The first-order valence-electron chi connectivity index (χ1n) is 14.0. The first-order valence-corrected chi connectivity index (χ1v) is 14.0. The summed E-state index contributed by atoms with van der Waals surface area (Å²) in [5.41, 5.74) is 2.00. The van der Waals surface area contributed by atoms with E-state index in [4.69, 9.17) is 9.47 Å². The zero-order chi connectivity index (χ0) is 28.0. The molecular formula is C33H38N2O5. The van der Waals surface area contributed by atoms with E-state index in [-0.39, 0.29) is 17.9 Å². The maximum Gasteiger partial charge on any atom is 0.332 e.